The van der Waals surface area contributed by atoms with Gasteiger partial charge in [0.2, 0.25) is 10.0 Å². The zero-order valence-corrected chi connectivity index (χ0v) is 19.8. The fourth-order valence-corrected chi connectivity index (χ4v) is 6.70. The van der Waals surface area contributed by atoms with Gasteiger partial charge in [0.25, 0.3) is 0 Å². The van der Waals surface area contributed by atoms with Crippen LogP contribution in [0, 0.1) is 0 Å². The highest BCUT2D eigenvalue weighted by atomic mass is 32.2. The highest BCUT2D eigenvalue weighted by Crippen LogP contribution is 2.25. The molecule has 1 saturated heterocycles. The third-order valence-corrected chi connectivity index (χ3v) is 8.88. The number of hydrogen-bond acceptors (Lipinski definition) is 5. The normalized spacial score (nSPS) is 15.8. The van der Waals surface area contributed by atoms with Crippen LogP contribution in [-0.4, -0.2) is 48.4 Å². The van der Waals surface area contributed by atoms with E-state index in [1.165, 1.54) is 5.56 Å². The molecule has 1 fully saturated rings. The molecule has 0 amide bonds. The number of rotatable bonds is 6. The third kappa shape index (κ3) is 4.65. The van der Waals surface area contributed by atoms with Gasteiger partial charge in [-0.15, -0.1) is 0 Å². The van der Waals surface area contributed by atoms with Gasteiger partial charge >= 0.3 is 4.87 Å². The summed E-state index contributed by atoms with van der Waals surface area (Å²) in [5, 5.41) is 0. The van der Waals surface area contributed by atoms with Gasteiger partial charge in [-0.25, -0.2) is 8.42 Å². The zero-order valence-electron chi connectivity index (χ0n) is 18.1. The number of hydrogen-bond donors (Lipinski definition) is 0. The molecule has 0 atom stereocenters. The Kier molecular flexibility index (Phi) is 6.16. The Balaban J connectivity index is 1.33. The first-order valence-corrected chi connectivity index (χ1v) is 13.2. The lowest BCUT2D eigenvalue weighted by Gasteiger charge is -2.34. The van der Waals surface area contributed by atoms with Gasteiger partial charge in [0, 0.05) is 32.7 Å². The van der Waals surface area contributed by atoms with E-state index in [0.29, 0.717) is 37.4 Å². The summed E-state index contributed by atoms with van der Waals surface area (Å²) < 4.78 is 30.6. The molecule has 0 radical (unpaired) electrons. The van der Waals surface area contributed by atoms with Crippen LogP contribution in [-0.2, 0) is 23.1 Å². The fourth-order valence-electron chi connectivity index (χ4n) is 4.24. The van der Waals surface area contributed by atoms with E-state index in [4.69, 9.17) is 0 Å². The first kappa shape index (κ1) is 22.0. The first-order chi connectivity index (χ1) is 16.0. The van der Waals surface area contributed by atoms with Crippen LogP contribution in [0.1, 0.15) is 11.1 Å². The smallest absolute Gasteiger partial charge is 0.296 e. The number of benzene rings is 3. The van der Waals surface area contributed by atoms with Gasteiger partial charge in [0.15, 0.2) is 0 Å². The van der Waals surface area contributed by atoms with Crippen molar-refractivity contribution in [3.05, 3.63) is 99.7 Å². The molecule has 1 aliphatic rings. The van der Waals surface area contributed by atoms with E-state index < -0.39 is 10.0 Å². The molecule has 0 saturated carbocycles. The maximum atomic E-state index is 13.3. The average Bonchev–Trinajstić information content (AvgIpc) is 3.15. The second-order valence-electron chi connectivity index (χ2n) is 8.24. The van der Waals surface area contributed by atoms with E-state index in [9.17, 15) is 13.2 Å². The Morgan fingerprint density at radius 3 is 2.00 bits per heavy atom. The zero-order chi connectivity index (χ0) is 22.8. The number of thiazole rings is 1. The van der Waals surface area contributed by atoms with Crippen LogP contribution in [0.4, 0.5) is 0 Å². The van der Waals surface area contributed by atoms with Crippen LogP contribution < -0.4 is 4.87 Å². The van der Waals surface area contributed by atoms with Crippen molar-refractivity contribution >= 4 is 31.6 Å². The van der Waals surface area contributed by atoms with Crippen molar-refractivity contribution < 1.29 is 8.42 Å². The standard InChI is InChI=1S/C25H25N3O3S2/c29-25-28(19-21-9-5-2-6-10-21)23-12-11-22(17-24(23)32-25)33(30,31)27-15-13-26(14-16-27)18-20-7-3-1-4-8-20/h1-12,17H,13-16,18-19H2. The molecule has 0 N–H and O–H groups in total. The molecule has 0 spiro atoms. The van der Waals surface area contributed by atoms with Crippen molar-refractivity contribution in [2.24, 2.45) is 0 Å². The summed E-state index contributed by atoms with van der Waals surface area (Å²) >= 11 is 1.09. The highest BCUT2D eigenvalue weighted by Gasteiger charge is 2.29. The lowest BCUT2D eigenvalue weighted by atomic mass is 10.2. The lowest BCUT2D eigenvalue weighted by Crippen LogP contribution is -2.48. The molecule has 0 bridgehead atoms. The highest BCUT2D eigenvalue weighted by molar-refractivity contribution is 7.89. The SMILES string of the molecule is O=c1sc2cc(S(=O)(=O)N3CCN(Cc4ccccc4)CC3)ccc2n1Cc1ccccc1. The summed E-state index contributed by atoms with van der Waals surface area (Å²) in [6.45, 7) is 3.59. The second-order valence-corrected chi connectivity index (χ2v) is 11.2. The molecule has 0 unspecified atom stereocenters. The summed E-state index contributed by atoms with van der Waals surface area (Å²) in [4.78, 5) is 15.1. The van der Waals surface area contributed by atoms with E-state index in [-0.39, 0.29) is 9.77 Å². The molecule has 3 aromatic carbocycles. The number of aromatic nitrogens is 1. The van der Waals surface area contributed by atoms with E-state index in [1.807, 2.05) is 48.5 Å². The maximum Gasteiger partial charge on any atom is 0.308 e. The lowest BCUT2D eigenvalue weighted by molar-refractivity contribution is 0.181. The minimum absolute atomic E-state index is 0.0853. The molecule has 4 aromatic rings. The van der Waals surface area contributed by atoms with Crippen LogP contribution in [0.5, 0.6) is 0 Å². The van der Waals surface area contributed by atoms with Crippen molar-refractivity contribution in [3.63, 3.8) is 0 Å². The van der Waals surface area contributed by atoms with Gasteiger partial charge in [-0.05, 0) is 29.3 Å². The van der Waals surface area contributed by atoms with Crippen molar-refractivity contribution in [2.75, 3.05) is 26.2 Å². The number of nitrogens with zero attached hydrogens (tertiary/aromatic N) is 3. The number of sulfonamides is 1. The topological polar surface area (TPSA) is 62.6 Å². The molecule has 1 aromatic heterocycles. The minimum Gasteiger partial charge on any atom is -0.296 e. The quantitative estimate of drug-likeness (QED) is 0.424. The van der Waals surface area contributed by atoms with Crippen molar-refractivity contribution in [1.82, 2.24) is 13.8 Å². The Labute approximate surface area is 197 Å². The summed E-state index contributed by atoms with van der Waals surface area (Å²) in [6.07, 6.45) is 0. The second kappa shape index (κ2) is 9.23. The summed E-state index contributed by atoms with van der Waals surface area (Å²) in [5.41, 5.74) is 3.03. The summed E-state index contributed by atoms with van der Waals surface area (Å²) in [5.74, 6) is 0. The molecule has 5 rings (SSSR count). The van der Waals surface area contributed by atoms with E-state index >= 15 is 0 Å². The van der Waals surface area contributed by atoms with Crippen molar-refractivity contribution in [2.45, 2.75) is 18.0 Å². The number of fused-ring (bicyclic) bond motifs is 1. The Morgan fingerprint density at radius 2 is 1.36 bits per heavy atom. The Bertz CT molecular complexity index is 1410. The van der Waals surface area contributed by atoms with Crippen LogP contribution >= 0.6 is 11.3 Å². The monoisotopic (exact) mass is 479 g/mol. The molecule has 170 valence electrons. The van der Waals surface area contributed by atoms with Crippen molar-refractivity contribution in [3.8, 4) is 0 Å². The van der Waals surface area contributed by atoms with Gasteiger partial charge in [-0.2, -0.15) is 4.31 Å². The molecule has 0 aliphatic carbocycles. The molecule has 2 heterocycles. The Morgan fingerprint density at radius 1 is 0.758 bits per heavy atom. The maximum absolute atomic E-state index is 13.3. The van der Waals surface area contributed by atoms with Gasteiger partial charge in [-0.3, -0.25) is 14.3 Å². The third-order valence-electron chi connectivity index (χ3n) is 6.04. The van der Waals surface area contributed by atoms with E-state index in [1.54, 1.807) is 27.1 Å². The predicted molar refractivity (Wildman–Crippen MR) is 132 cm³/mol. The van der Waals surface area contributed by atoms with Crippen LogP contribution in [0.3, 0.4) is 0 Å². The minimum atomic E-state index is -3.61. The van der Waals surface area contributed by atoms with Gasteiger partial charge < -0.3 is 0 Å². The summed E-state index contributed by atoms with van der Waals surface area (Å²) in [7, 11) is -3.61. The summed E-state index contributed by atoms with van der Waals surface area (Å²) in [6, 6.07) is 25.0. The van der Waals surface area contributed by atoms with Gasteiger partial charge in [0.05, 0.1) is 21.7 Å². The van der Waals surface area contributed by atoms with E-state index in [0.717, 1.165) is 29.0 Å². The molecule has 8 heteroatoms. The van der Waals surface area contributed by atoms with Crippen LogP contribution in [0.15, 0.2) is 88.6 Å². The molecular weight excluding hydrogens is 454 g/mol. The van der Waals surface area contributed by atoms with Crippen molar-refractivity contribution in [1.29, 1.82) is 0 Å². The van der Waals surface area contributed by atoms with Crippen LogP contribution in [0.2, 0.25) is 0 Å². The average molecular weight is 480 g/mol. The fraction of sp³-hybridized carbons (Fsp3) is 0.240. The van der Waals surface area contributed by atoms with Crippen LogP contribution in [0.25, 0.3) is 10.2 Å². The first-order valence-electron chi connectivity index (χ1n) is 10.9. The number of piperazine rings is 1. The Hall–Kier alpha value is -2.78. The molecule has 33 heavy (non-hydrogen) atoms. The largest absolute Gasteiger partial charge is 0.308 e. The van der Waals surface area contributed by atoms with Gasteiger partial charge in [0.1, 0.15) is 0 Å². The molecule has 1 aliphatic heterocycles. The van der Waals surface area contributed by atoms with Gasteiger partial charge in [-0.1, -0.05) is 72.0 Å². The van der Waals surface area contributed by atoms with E-state index in [2.05, 4.69) is 17.0 Å². The molecule has 6 nitrogen and oxygen atoms in total. The molecular formula is C25H25N3O3S2. The predicted octanol–water partition coefficient (Wildman–Crippen LogP) is 3.62.